The zero-order valence-electron chi connectivity index (χ0n) is 11.7. The third kappa shape index (κ3) is 3.37. The van der Waals surface area contributed by atoms with Crippen LogP contribution in [0.25, 0.3) is 0 Å². The van der Waals surface area contributed by atoms with E-state index in [0.29, 0.717) is 15.6 Å². The Morgan fingerprint density at radius 3 is 3.00 bits per heavy atom. The van der Waals surface area contributed by atoms with Gasteiger partial charge in [0.15, 0.2) is 0 Å². The summed E-state index contributed by atoms with van der Waals surface area (Å²) in [6.07, 6.45) is 4.33. The molecule has 1 amide bonds. The first-order valence-electron chi connectivity index (χ1n) is 6.59. The van der Waals surface area contributed by atoms with Crippen LogP contribution in [0.1, 0.15) is 20.2 Å². The molecule has 3 rings (SSSR count). The standard InChI is InChI=1S/C14H13ClN4OS2/c1-9-12(22-8-16-9)2-4-19-7-10(6-17-19)18-14(20)13-11(15)3-5-21-13/h3,5-8H,2,4H2,1H3,(H,18,20). The predicted octanol–water partition coefficient (Wildman–Crippen LogP) is 3.86. The average molecular weight is 353 g/mol. The normalized spacial score (nSPS) is 10.8. The average Bonchev–Trinajstić information content (AvgIpc) is 3.19. The van der Waals surface area contributed by atoms with E-state index in [1.807, 2.05) is 23.3 Å². The summed E-state index contributed by atoms with van der Waals surface area (Å²) in [4.78, 5) is 18.1. The minimum absolute atomic E-state index is 0.210. The van der Waals surface area contributed by atoms with Gasteiger partial charge in [0, 0.05) is 24.0 Å². The van der Waals surface area contributed by atoms with Gasteiger partial charge in [-0.25, -0.2) is 4.98 Å². The van der Waals surface area contributed by atoms with Crippen LogP contribution in [0.5, 0.6) is 0 Å². The Morgan fingerprint density at radius 1 is 1.45 bits per heavy atom. The van der Waals surface area contributed by atoms with Gasteiger partial charge >= 0.3 is 0 Å². The molecular weight excluding hydrogens is 340 g/mol. The summed E-state index contributed by atoms with van der Waals surface area (Å²) in [5.74, 6) is -0.210. The van der Waals surface area contributed by atoms with Crippen LogP contribution in [-0.4, -0.2) is 20.7 Å². The van der Waals surface area contributed by atoms with E-state index in [-0.39, 0.29) is 5.91 Å². The van der Waals surface area contributed by atoms with Crippen LogP contribution in [0.15, 0.2) is 29.4 Å². The number of hydrogen-bond acceptors (Lipinski definition) is 5. The molecule has 0 spiro atoms. The second-order valence-electron chi connectivity index (χ2n) is 4.65. The van der Waals surface area contributed by atoms with Gasteiger partial charge in [0.05, 0.1) is 28.1 Å². The van der Waals surface area contributed by atoms with Gasteiger partial charge in [-0.05, 0) is 18.4 Å². The highest BCUT2D eigenvalue weighted by Gasteiger charge is 2.13. The van der Waals surface area contributed by atoms with E-state index < -0.39 is 0 Å². The maximum absolute atomic E-state index is 12.1. The number of thiazole rings is 1. The number of nitrogens with zero attached hydrogens (tertiary/aromatic N) is 3. The van der Waals surface area contributed by atoms with E-state index >= 15 is 0 Å². The Morgan fingerprint density at radius 2 is 2.32 bits per heavy atom. The first-order chi connectivity index (χ1) is 10.6. The topological polar surface area (TPSA) is 59.8 Å². The summed E-state index contributed by atoms with van der Waals surface area (Å²) in [5, 5.41) is 9.32. The van der Waals surface area contributed by atoms with E-state index in [9.17, 15) is 4.79 Å². The van der Waals surface area contributed by atoms with E-state index in [1.165, 1.54) is 16.2 Å². The van der Waals surface area contributed by atoms with Gasteiger partial charge in [0.25, 0.3) is 5.91 Å². The smallest absolute Gasteiger partial charge is 0.267 e. The summed E-state index contributed by atoms with van der Waals surface area (Å²) in [6, 6.07) is 1.71. The number of aryl methyl sites for hydroxylation is 3. The number of aromatic nitrogens is 3. The number of hydrogen-bond donors (Lipinski definition) is 1. The van der Waals surface area contributed by atoms with Gasteiger partial charge in [-0.2, -0.15) is 5.10 Å². The number of thiophene rings is 1. The fraction of sp³-hybridized carbons (Fsp3) is 0.214. The van der Waals surface area contributed by atoms with Crippen LogP contribution < -0.4 is 5.32 Å². The molecule has 5 nitrogen and oxygen atoms in total. The Balaban J connectivity index is 1.60. The summed E-state index contributed by atoms with van der Waals surface area (Å²) >= 11 is 8.92. The van der Waals surface area contributed by atoms with Crippen molar-refractivity contribution in [2.24, 2.45) is 0 Å². The Kier molecular flexibility index (Phi) is 4.56. The lowest BCUT2D eigenvalue weighted by Crippen LogP contribution is -2.10. The van der Waals surface area contributed by atoms with Crippen LogP contribution in [0.3, 0.4) is 0 Å². The number of rotatable bonds is 5. The molecule has 0 aliphatic carbocycles. The molecule has 0 aliphatic rings. The Labute approximate surface area is 140 Å². The van der Waals surface area contributed by atoms with Crippen LogP contribution in [0, 0.1) is 6.92 Å². The van der Waals surface area contributed by atoms with Crippen LogP contribution in [0.4, 0.5) is 5.69 Å². The lowest BCUT2D eigenvalue weighted by atomic mass is 10.3. The monoisotopic (exact) mass is 352 g/mol. The lowest BCUT2D eigenvalue weighted by molar-refractivity contribution is 0.103. The zero-order chi connectivity index (χ0) is 15.5. The van der Waals surface area contributed by atoms with Gasteiger partial charge in [0.2, 0.25) is 0 Å². The van der Waals surface area contributed by atoms with Crippen molar-refractivity contribution in [3.8, 4) is 0 Å². The summed E-state index contributed by atoms with van der Waals surface area (Å²) in [6.45, 7) is 2.75. The predicted molar refractivity (Wildman–Crippen MR) is 90.1 cm³/mol. The molecule has 0 saturated heterocycles. The highest BCUT2D eigenvalue weighted by molar-refractivity contribution is 7.12. The number of carbonyl (C=O) groups excluding carboxylic acids is 1. The molecular formula is C14H13ClN4OS2. The molecule has 22 heavy (non-hydrogen) atoms. The molecule has 3 aromatic heterocycles. The van der Waals surface area contributed by atoms with Gasteiger partial charge in [-0.1, -0.05) is 11.6 Å². The highest BCUT2D eigenvalue weighted by Crippen LogP contribution is 2.23. The lowest BCUT2D eigenvalue weighted by Gasteiger charge is -2.01. The molecule has 0 aliphatic heterocycles. The van der Waals surface area contributed by atoms with Gasteiger partial charge in [-0.3, -0.25) is 9.48 Å². The van der Waals surface area contributed by atoms with Crippen molar-refractivity contribution in [3.05, 3.63) is 49.8 Å². The van der Waals surface area contributed by atoms with E-state index in [4.69, 9.17) is 11.6 Å². The minimum Gasteiger partial charge on any atom is -0.319 e. The van der Waals surface area contributed by atoms with Crippen LogP contribution >= 0.6 is 34.3 Å². The summed E-state index contributed by atoms with van der Waals surface area (Å²) in [7, 11) is 0. The fourth-order valence-electron chi connectivity index (χ4n) is 1.98. The Bertz CT molecular complexity index is 792. The van der Waals surface area contributed by atoms with Crippen LogP contribution in [0.2, 0.25) is 5.02 Å². The molecule has 8 heteroatoms. The third-order valence-corrected chi connectivity index (χ3v) is 5.46. The molecule has 0 radical (unpaired) electrons. The largest absolute Gasteiger partial charge is 0.319 e. The maximum Gasteiger partial charge on any atom is 0.267 e. The molecule has 3 aromatic rings. The maximum atomic E-state index is 12.1. The first kappa shape index (κ1) is 15.2. The van der Waals surface area contributed by atoms with Crippen LogP contribution in [-0.2, 0) is 13.0 Å². The third-order valence-electron chi connectivity index (χ3n) is 3.13. The number of carbonyl (C=O) groups is 1. The summed E-state index contributed by atoms with van der Waals surface area (Å²) in [5.41, 5.74) is 3.58. The fourth-order valence-corrected chi connectivity index (χ4v) is 3.78. The van der Waals surface area contributed by atoms with E-state index in [2.05, 4.69) is 15.4 Å². The number of amides is 1. The van der Waals surface area contributed by atoms with Gasteiger partial charge < -0.3 is 5.32 Å². The number of nitrogens with one attached hydrogen (secondary N) is 1. The molecule has 3 heterocycles. The zero-order valence-corrected chi connectivity index (χ0v) is 14.1. The van der Waals surface area contributed by atoms with Gasteiger partial charge in [0.1, 0.15) is 4.88 Å². The summed E-state index contributed by atoms with van der Waals surface area (Å²) < 4.78 is 1.81. The SMILES string of the molecule is Cc1ncsc1CCn1cc(NC(=O)c2sccc2Cl)cn1. The molecule has 0 unspecified atom stereocenters. The van der Waals surface area contributed by atoms with Gasteiger partial charge in [-0.15, -0.1) is 22.7 Å². The molecule has 0 atom stereocenters. The Hall–Kier alpha value is -1.70. The van der Waals surface area contributed by atoms with Crippen molar-refractivity contribution in [3.63, 3.8) is 0 Å². The quantitative estimate of drug-likeness (QED) is 0.758. The molecule has 0 fully saturated rings. The van der Waals surface area contributed by atoms with Crippen molar-refractivity contribution in [2.45, 2.75) is 19.9 Å². The second kappa shape index (κ2) is 6.60. The number of halogens is 1. The molecule has 0 bridgehead atoms. The van der Waals surface area contributed by atoms with E-state index in [1.54, 1.807) is 29.0 Å². The molecule has 0 saturated carbocycles. The highest BCUT2D eigenvalue weighted by atomic mass is 35.5. The van der Waals surface area contributed by atoms with Crippen molar-refractivity contribution < 1.29 is 4.79 Å². The number of anilines is 1. The first-order valence-corrected chi connectivity index (χ1v) is 8.73. The van der Waals surface area contributed by atoms with Crippen molar-refractivity contribution in [1.29, 1.82) is 0 Å². The molecule has 1 N–H and O–H groups in total. The van der Waals surface area contributed by atoms with E-state index in [0.717, 1.165) is 18.7 Å². The molecule has 114 valence electrons. The van der Waals surface area contributed by atoms with Crippen molar-refractivity contribution >= 4 is 45.9 Å². The second-order valence-corrected chi connectivity index (χ2v) is 6.92. The molecule has 0 aromatic carbocycles. The minimum atomic E-state index is -0.210. The van der Waals surface area contributed by atoms with Crippen molar-refractivity contribution in [1.82, 2.24) is 14.8 Å². The van der Waals surface area contributed by atoms with Crippen molar-refractivity contribution in [2.75, 3.05) is 5.32 Å².